The van der Waals surface area contributed by atoms with Crippen LogP contribution in [0.3, 0.4) is 0 Å². The molecule has 0 bridgehead atoms. The Morgan fingerprint density at radius 2 is 2.11 bits per heavy atom. The van der Waals surface area contributed by atoms with E-state index in [9.17, 15) is 13.2 Å². The van der Waals surface area contributed by atoms with E-state index in [1.807, 2.05) is 13.8 Å². The number of fused-ring (bicyclic) bond motifs is 1. The number of anilines is 1. The van der Waals surface area contributed by atoms with Crippen LogP contribution in [0.2, 0.25) is 0 Å². The van der Waals surface area contributed by atoms with E-state index in [0.717, 1.165) is 16.8 Å². The quantitative estimate of drug-likeness (QED) is 0.704. The Morgan fingerprint density at radius 3 is 2.81 bits per heavy atom. The molecule has 9 nitrogen and oxygen atoms in total. The van der Waals surface area contributed by atoms with Gasteiger partial charge in [0.05, 0.1) is 40.2 Å². The monoisotopic (exact) mass is 388 g/mol. The van der Waals surface area contributed by atoms with Gasteiger partial charge < -0.3 is 5.32 Å². The van der Waals surface area contributed by atoms with Crippen molar-refractivity contribution in [1.29, 1.82) is 0 Å². The standard InChI is InChI=1S/C17H20N6O3S/c1-9-14-6-12(7-18-16(14)21-20-9)17(24)19-15-10(2)22-23(11(15)3)13-4-5-27(25,26)8-13/h6-7,13H,4-5,8H2,1-3H3,(H,19,24)(H,18,20,21). The van der Waals surface area contributed by atoms with E-state index >= 15 is 0 Å². The third kappa shape index (κ3) is 3.09. The maximum Gasteiger partial charge on any atom is 0.257 e. The highest BCUT2D eigenvalue weighted by Gasteiger charge is 2.31. The van der Waals surface area contributed by atoms with Gasteiger partial charge in [0.1, 0.15) is 0 Å². The first-order valence-electron chi connectivity index (χ1n) is 8.63. The summed E-state index contributed by atoms with van der Waals surface area (Å²) in [6, 6.07) is 1.56. The lowest BCUT2D eigenvalue weighted by Crippen LogP contribution is -2.15. The minimum Gasteiger partial charge on any atom is -0.319 e. The Kier molecular flexibility index (Phi) is 4.02. The number of sulfone groups is 1. The Balaban J connectivity index is 1.62. The molecular weight excluding hydrogens is 368 g/mol. The van der Waals surface area contributed by atoms with E-state index in [4.69, 9.17) is 0 Å². The first kappa shape index (κ1) is 17.7. The molecule has 27 heavy (non-hydrogen) atoms. The van der Waals surface area contributed by atoms with E-state index < -0.39 is 9.84 Å². The minimum absolute atomic E-state index is 0.0860. The molecule has 2 N–H and O–H groups in total. The number of amides is 1. The molecule has 4 rings (SSSR count). The summed E-state index contributed by atoms with van der Waals surface area (Å²) in [5.74, 6) is -0.0364. The van der Waals surface area contributed by atoms with Gasteiger partial charge in [0.2, 0.25) is 0 Å². The smallest absolute Gasteiger partial charge is 0.257 e. The molecule has 0 spiro atoms. The van der Waals surface area contributed by atoms with Crippen molar-refractivity contribution in [2.24, 2.45) is 0 Å². The van der Waals surface area contributed by atoms with Crippen LogP contribution >= 0.6 is 0 Å². The van der Waals surface area contributed by atoms with Crippen LogP contribution < -0.4 is 5.32 Å². The van der Waals surface area contributed by atoms with Gasteiger partial charge in [0.25, 0.3) is 5.91 Å². The van der Waals surface area contributed by atoms with Crippen molar-refractivity contribution >= 4 is 32.5 Å². The highest BCUT2D eigenvalue weighted by Crippen LogP contribution is 2.29. The molecule has 0 aliphatic carbocycles. The van der Waals surface area contributed by atoms with Crippen molar-refractivity contribution in [3.05, 3.63) is 34.9 Å². The van der Waals surface area contributed by atoms with E-state index in [1.54, 1.807) is 17.7 Å². The van der Waals surface area contributed by atoms with Gasteiger partial charge in [-0.1, -0.05) is 0 Å². The van der Waals surface area contributed by atoms with Gasteiger partial charge in [-0.25, -0.2) is 13.4 Å². The molecule has 1 saturated heterocycles. The third-order valence-electron chi connectivity index (χ3n) is 4.98. The predicted molar refractivity (Wildman–Crippen MR) is 101 cm³/mol. The molecule has 1 unspecified atom stereocenters. The number of rotatable bonds is 3. The number of carbonyl (C=O) groups excluding carboxylic acids is 1. The molecule has 1 aliphatic rings. The summed E-state index contributed by atoms with van der Waals surface area (Å²) < 4.78 is 25.3. The van der Waals surface area contributed by atoms with Crippen molar-refractivity contribution in [2.45, 2.75) is 33.2 Å². The number of hydrogen-bond acceptors (Lipinski definition) is 6. The van der Waals surface area contributed by atoms with Gasteiger partial charge >= 0.3 is 0 Å². The van der Waals surface area contributed by atoms with Crippen LogP contribution in [0.15, 0.2) is 12.3 Å². The van der Waals surface area contributed by atoms with E-state index in [2.05, 4.69) is 25.6 Å². The third-order valence-corrected chi connectivity index (χ3v) is 6.73. The molecule has 142 valence electrons. The molecule has 0 saturated carbocycles. The fraction of sp³-hybridized carbons (Fsp3) is 0.412. The highest BCUT2D eigenvalue weighted by atomic mass is 32.2. The lowest BCUT2D eigenvalue weighted by molar-refractivity contribution is 0.102. The maximum atomic E-state index is 12.7. The Labute approximate surface area is 156 Å². The lowest BCUT2D eigenvalue weighted by Gasteiger charge is -2.11. The van der Waals surface area contributed by atoms with Crippen LogP contribution in [0.4, 0.5) is 5.69 Å². The number of aromatic amines is 1. The van der Waals surface area contributed by atoms with Gasteiger partial charge in [0.15, 0.2) is 15.5 Å². The zero-order chi connectivity index (χ0) is 19.3. The SMILES string of the molecule is Cc1nn(C2CCS(=O)(=O)C2)c(C)c1NC(=O)c1cnc2n[nH]c(C)c2c1. The van der Waals surface area contributed by atoms with Crippen LogP contribution in [0.25, 0.3) is 11.0 Å². The second kappa shape index (κ2) is 6.15. The molecular formula is C17H20N6O3S. The minimum atomic E-state index is -3.01. The van der Waals surface area contributed by atoms with Crippen LogP contribution in [0.1, 0.15) is 39.9 Å². The number of nitrogens with one attached hydrogen (secondary N) is 2. The molecule has 4 heterocycles. The number of H-pyrrole nitrogens is 1. The fourth-order valence-electron chi connectivity index (χ4n) is 3.50. The number of pyridine rings is 1. The average molecular weight is 388 g/mol. The van der Waals surface area contributed by atoms with E-state index in [-0.39, 0.29) is 23.5 Å². The molecule has 1 aliphatic heterocycles. The second-order valence-electron chi connectivity index (χ2n) is 6.95. The zero-order valence-electron chi connectivity index (χ0n) is 15.3. The van der Waals surface area contributed by atoms with Crippen molar-refractivity contribution in [3.63, 3.8) is 0 Å². The molecule has 1 atom stereocenters. The molecule has 1 fully saturated rings. The summed E-state index contributed by atoms with van der Waals surface area (Å²) in [4.78, 5) is 16.9. The Bertz CT molecular complexity index is 1160. The predicted octanol–water partition coefficient (Wildman–Crippen LogP) is 1.69. The van der Waals surface area contributed by atoms with E-state index in [1.165, 1.54) is 6.20 Å². The molecule has 10 heteroatoms. The zero-order valence-corrected chi connectivity index (χ0v) is 16.1. The summed E-state index contributed by atoms with van der Waals surface area (Å²) in [5, 5.41) is 15.1. The maximum absolute atomic E-state index is 12.7. The van der Waals surface area contributed by atoms with Crippen molar-refractivity contribution < 1.29 is 13.2 Å². The van der Waals surface area contributed by atoms with Gasteiger partial charge in [-0.3, -0.25) is 14.6 Å². The number of carbonyl (C=O) groups is 1. The topological polar surface area (TPSA) is 123 Å². The van der Waals surface area contributed by atoms with Gasteiger partial charge in [-0.2, -0.15) is 10.2 Å². The van der Waals surface area contributed by atoms with Gasteiger partial charge in [-0.15, -0.1) is 0 Å². The fourth-order valence-corrected chi connectivity index (χ4v) is 5.19. The normalized spacial score (nSPS) is 18.9. The summed E-state index contributed by atoms with van der Waals surface area (Å²) in [6.07, 6.45) is 2.02. The van der Waals surface area contributed by atoms with Crippen molar-refractivity contribution in [1.82, 2.24) is 25.0 Å². The molecule has 0 radical (unpaired) electrons. The number of hydrogen-bond donors (Lipinski definition) is 2. The Hall–Kier alpha value is -2.75. The van der Waals surface area contributed by atoms with Crippen LogP contribution in [-0.4, -0.2) is 50.8 Å². The number of nitrogens with zero attached hydrogens (tertiary/aromatic N) is 4. The highest BCUT2D eigenvalue weighted by molar-refractivity contribution is 7.91. The number of aryl methyl sites for hydroxylation is 2. The molecule has 3 aromatic heterocycles. The van der Waals surface area contributed by atoms with Crippen LogP contribution in [0.5, 0.6) is 0 Å². The lowest BCUT2D eigenvalue weighted by atomic mass is 10.2. The van der Waals surface area contributed by atoms with E-state index in [0.29, 0.717) is 29.0 Å². The molecule has 0 aromatic carbocycles. The summed E-state index contributed by atoms with van der Waals surface area (Å²) >= 11 is 0. The van der Waals surface area contributed by atoms with Gasteiger partial charge in [-0.05, 0) is 33.3 Å². The van der Waals surface area contributed by atoms with Crippen LogP contribution in [0, 0.1) is 20.8 Å². The van der Waals surface area contributed by atoms with Crippen molar-refractivity contribution in [2.75, 3.05) is 16.8 Å². The summed E-state index contributed by atoms with van der Waals surface area (Å²) in [7, 11) is -3.01. The number of aromatic nitrogens is 5. The average Bonchev–Trinajstić information content (AvgIpc) is 3.26. The first-order chi connectivity index (χ1) is 12.7. The summed E-state index contributed by atoms with van der Waals surface area (Å²) in [6.45, 7) is 5.50. The first-order valence-corrected chi connectivity index (χ1v) is 10.5. The van der Waals surface area contributed by atoms with Gasteiger partial charge in [0, 0.05) is 17.3 Å². The second-order valence-corrected chi connectivity index (χ2v) is 9.17. The molecule has 1 amide bonds. The van der Waals surface area contributed by atoms with Crippen LogP contribution in [-0.2, 0) is 9.84 Å². The largest absolute Gasteiger partial charge is 0.319 e. The Morgan fingerprint density at radius 1 is 1.33 bits per heavy atom. The molecule has 3 aromatic rings. The summed E-state index contributed by atoms with van der Waals surface area (Å²) in [5.41, 5.74) is 3.83. The van der Waals surface area contributed by atoms with Crippen molar-refractivity contribution in [3.8, 4) is 0 Å².